The molecule has 9 nitrogen and oxygen atoms in total. The summed E-state index contributed by atoms with van der Waals surface area (Å²) in [5.74, 6) is -2.13. The number of carboxylic acids is 1. The SMILES string of the molecule is COc1ccc(S(=O)(=O)N2CCCn3cnc(COC(C)C)c3C2)cc1.O=C(O)C(F)(F)F. The number of sulfonamides is 1. The van der Waals surface area contributed by atoms with E-state index >= 15 is 0 Å². The number of aromatic nitrogens is 2. The van der Waals surface area contributed by atoms with Crippen LogP contribution in [-0.2, 0) is 39.3 Å². The molecule has 2 aromatic rings. The molecule has 0 radical (unpaired) electrons. The Kier molecular flexibility index (Phi) is 8.86. The molecule has 0 fully saturated rings. The number of halogens is 3. The van der Waals surface area contributed by atoms with Crippen LogP contribution < -0.4 is 4.74 Å². The number of imidazole rings is 1. The molecule has 0 saturated carbocycles. The lowest BCUT2D eigenvalue weighted by atomic mass is 10.3. The number of hydrogen-bond acceptors (Lipinski definition) is 6. The van der Waals surface area contributed by atoms with Gasteiger partial charge in [0.25, 0.3) is 0 Å². The molecule has 0 amide bonds. The van der Waals surface area contributed by atoms with Crippen molar-refractivity contribution in [1.82, 2.24) is 13.9 Å². The minimum atomic E-state index is -5.08. The average molecular weight is 494 g/mol. The number of methoxy groups -OCH3 is 1. The number of hydrogen-bond donors (Lipinski definition) is 1. The van der Waals surface area contributed by atoms with Crippen molar-refractivity contribution in [3.05, 3.63) is 42.0 Å². The molecule has 33 heavy (non-hydrogen) atoms. The van der Waals surface area contributed by atoms with Crippen molar-refractivity contribution in [2.75, 3.05) is 13.7 Å². The van der Waals surface area contributed by atoms with Crippen molar-refractivity contribution >= 4 is 16.0 Å². The number of aliphatic carboxylic acids is 1. The normalized spacial score (nSPS) is 14.8. The first kappa shape index (κ1) is 26.6. The molecular weight excluding hydrogens is 467 g/mol. The van der Waals surface area contributed by atoms with Crippen LogP contribution in [0.4, 0.5) is 13.2 Å². The first-order valence-corrected chi connectivity index (χ1v) is 11.4. The number of carboxylic acid groups (broad SMARTS) is 1. The van der Waals surface area contributed by atoms with Crippen LogP contribution in [0.15, 0.2) is 35.5 Å². The predicted molar refractivity (Wildman–Crippen MR) is 111 cm³/mol. The Balaban J connectivity index is 0.000000479. The van der Waals surface area contributed by atoms with E-state index in [0.717, 1.165) is 24.4 Å². The maximum absolute atomic E-state index is 13.1. The van der Waals surface area contributed by atoms with Gasteiger partial charge in [0.1, 0.15) is 5.75 Å². The molecule has 0 aliphatic carbocycles. The number of nitrogens with zero attached hydrogens (tertiary/aromatic N) is 3. The molecule has 0 spiro atoms. The summed E-state index contributed by atoms with van der Waals surface area (Å²) in [6, 6.07) is 6.49. The fourth-order valence-corrected chi connectivity index (χ4v) is 4.40. The third kappa shape index (κ3) is 7.17. The van der Waals surface area contributed by atoms with Gasteiger partial charge in [0.2, 0.25) is 10.0 Å². The van der Waals surface area contributed by atoms with E-state index in [1.54, 1.807) is 37.7 Å². The summed E-state index contributed by atoms with van der Waals surface area (Å²) in [7, 11) is -2.03. The summed E-state index contributed by atoms with van der Waals surface area (Å²) < 4.78 is 72.2. The van der Waals surface area contributed by atoms with Crippen LogP contribution >= 0.6 is 0 Å². The number of aryl methyl sites for hydroxylation is 1. The minimum absolute atomic E-state index is 0.0947. The standard InChI is InChI=1S/C18H25N3O4S.C2HF3O2/c1-14(2)25-12-17-18-11-21(10-4-9-20(18)13-19-17)26(22,23)16-7-5-15(24-3)6-8-16;3-2(4,5)1(6)7/h5-8,13-14H,4,9-12H2,1-3H3;(H,6,7). The highest BCUT2D eigenvalue weighted by Gasteiger charge is 2.38. The van der Waals surface area contributed by atoms with E-state index in [9.17, 15) is 21.6 Å². The maximum Gasteiger partial charge on any atom is 0.490 e. The molecule has 1 aliphatic rings. The molecule has 0 unspecified atom stereocenters. The molecule has 0 atom stereocenters. The Morgan fingerprint density at radius 1 is 1.21 bits per heavy atom. The second-order valence-electron chi connectivity index (χ2n) is 7.36. The topological polar surface area (TPSA) is 111 Å². The van der Waals surface area contributed by atoms with Gasteiger partial charge in [-0.2, -0.15) is 17.5 Å². The van der Waals surface area contributed by atoms with Gasteiger partial charge in [-0.25, -0.2) is 18.2 Å². The van der Waals surface area contributed by atoms with Crippen LogP contribution in [0.25, 0.3) is 0 Å². The molecule has 0 bridgehead atoms. The fourth-order valence-electron chi connectivity index (χ4n) is 2.96. The molecule has 3 rings (SSSR count). The van der Waals surface area contributed by atoms with Gasteiger partial charge in [0.15, 0.2) is 0 Å². The highest BCUT2D eigenvalue weighted by molar-refractivity contribution is 7.89. The van der Waals surface area contributed by atoms with Crippen LogP contribution in [0.1, 0.15) is 31.7 Å². The van der Waals surface area contributed by atoms with Gasteiger partial charge in [0, 0.05) is 13.1 Å². The Morgan fingerprint density at radius 2 is 1.82 bits per heavy atom. The highest BCUT2D eigenvalue weighted by atomic mass is 32.2. The zero-order chi connectivity index (χ0) is 24.8. The fraction of sp³-hybridized carbons (Fsp3) is 0.500. The quantitative estimate of drug-likeness (QED) is 0.659. The Hall–Kier alpha value is -2.64. The van der Waals surface area contributed by atoms with Crippen molar-refractivity contribution in [3.63, 3.8) is 0 Å². The molecule has 1 aromatic carbocycles. The largest absolute Gasteiger partial charge is 0.497 e. The molecular formula is C20H26F3N3O6S. The van der Waals surface area contributed by atoms with E-state index in [4.69, 9.17) is 19.4 Å². The lowest BCUT2D eigenvalue weighted by molar-refractivity contribution is -0.192. The van der Waals surface area contributed by atoms with Crippen molar-refractivity contribution in [2.24, 2.45) is 0 Å². The molecule has 1 aromatic heterocycles. The van der Waals surface area contributed by atoms with Crippen LogP contribution in [0.5, 0.6) is 5.75 Å². The number of rotatable bonds is 6. The molecule has 1 aliphatic heterocycles. The van der Waals surface area contributed by atoms with Crippen molar-refractivity contribution in [1.29, 1.82) is 0 Å². The Bertz CT molecular complexity index is 1040. The van der Waals surface area contributed by atoms with Crippen LogP contribution in [0.3, 0.4) is 0 Å². The third-order valence-electron chi connectivity index (χ3n) is 4.66. The lowest BCUT2D eigenvalue weighted by Crippen LogP contribution is -2.31. The summed E-state index contributed by atoms with van der Waals surface area (Å²) in [5, 5.41) is 7.12. The van der Waals surface area contributed by atoms with Crippen molar-refractivity contribution < 1.29 is 41.0 Å². The van der Waals surface area contributed by atoms with Crippen molar-refractivity contribution in [2.45, 2.75) is 57.1 Å². The average Bonchev–Trinajstić information content (AvgIpc) is 2.99. The van der Waals surface area contributed by atoms with Gasteiger partial charge in [0.05, 0.1) is 49.0 Å². The summed E-state index contributed by atoms with van der Waals surface area (Å²) in [6.45, 7) is 5.84. The summed E-state index contributed by atoms with van der Waals surface area (Å²) in [5.41, 5.74) is 1.70. The number of fused-ring (bicyclic) bond motifs is 1. The zero-order valence-electron chi connectivity index (χ0n) is 18.4. The number of benzene rings is 1. The highest BCUT2D eigenvalue weighted by Crippen LogP contribution is 2.25. The van der Waals surface area contributed by atoms with E-state index in [1.165, 1.54) is 4.31 Å². The van der Waals surface area contributed by atoms with Crippen LogP contribution in [-0.4, -0.2) is 59.3 Å². The summed E-state index contributed by atoms with van der Waals surface area (Å²) in [4.78, 5) is 13.6. The summed E-state index contributed by atoms with van der Waals surface area (Å²) >= 11 is 0. The van der Waals surface area contributed by atoms with Gasteiger partial charge in [-0.05, 0) is 44.5 Å². The monoisotopic (exact) mass is 493 g/mol. The number of carbonyl (C=O) groups is 1. The van der Waals surface area contributed by atoms with Gasteiger partial charge >= 0.3 is 12.1 Å². The Morgan fingerprint density at radius 3 is 2.33 bits per heavy atom. The number of alkyl halides is 3. The van der Waals surface area contributed by atoms with Gasteiger partial charge in [-0.3, -0.25) is 0 Å². The molecule has 1 N–H and O–H groups in total. The van der Waals surface area contributed by atoms with Gasteiger partial charge in [-0.1, -0.05) is 0 Å². The van der Waals surface area contributed by atoms with E-state index in [1.807, 2.05) is 18.4 Å². The zero-order valence-corrected chi connectivity index (χ0v) is 19.2. The minimum Gasteiger partial charge on any atom is -0.497 e. The third-order valence-corrected chi connectivity index (χ3v) is 6.52. The van der Waals surface area contributed by atoms with Gasteiger partial charge in [-0.15, -0.1) is 0 Å². The molecule has 2 heterocycles. The predicted octanol–water partition coefficient (Wildman–Crippen LogP) is 3.04. The van der Waals surface area contributed by atoms with Gasteiger partial charge < -0.3 is 19.1 Å². The van der Waals surface area contributed by atoms with Crippen LogP contribution in [0.2, 0.25) is 0 Å². The van der Waals surface area contributed by atoms with Crippen molar-refractivity contribution in [3.8, 4) is 5.75 Å². The first-order chi connectivity index (χ1) is 15.4. The Labute approximate surface area is 189 Å². The first-order valence-electron chi connectivity index (χ1n) is 9.95. The van der Waals surface area contributed by atoms with E-state index in [0.29, 0.717) is 25.4 Å². The number of ether oxygens (including phenoxy) is 2. The summed E-state index contributed by atoms with van der Waals surface area (Å²) in [6.07, 6.45) is -2.47. The molecule has 0 saturated heterocycles. The maximum atomic E-state index is 13.1. The van der Waals surface area contributed by atoms with Crippen LogP contribution in [0, 0.1) is 0 Å². The van der Waals surface area contributed by atoms with E-state index in [2.05, 4.69) is 4.98 Å². The van der Waals surface area contributed by atoms with E-state index in [-0.39, 0.29) is 11.0 Å². The lowest BCUT2D eigenvalue weighted by Gasteiger charge is -2.20. The second kappa shape index (κ2) is 11.0. The molecule has 184 valence electrons. The smallest absolute Gasteiger partial charge is 0.490 e. The van der Waals surface area contributed by atoms with E-state index < -0.39 is 22.2 Å². The second-order valence-corrected chi connectivity index (χ2v) is 9.30. The molecule has 13 heteroatoms.